The molecule has 11 nitrogen and oxygen atoms in total. The first kappa shape index (κ1) is 31.2. The molecule has 1 aliphatic rings. The van der Waals surface area contributed by atoms with Crippen molar-refractivity contribution >= 4 is 46.3 Å². The second-order valence-corrected chi connectivity index (χ2v) is 10.6. The third kappa shape index (κ3) is 7.98. The van der Waals surface area contributed by atoms with E-state index in [0.29, 0.717) is 34.0 Å². The number of carbonyl (C=O) groups is 4. The number of anilines is 1. The first-order valence-corrected chi connectivity index (χ1v) is 14.7. The lowest BCUT2D eigenvalue weighted by atomic mass is 9.95. The molecule has 1 aromatic heterocycles. The summed E-state index contributed by atoms with van der Waals surface area (Å²) < 4.78 is 21.6. The van der Waals surface area contributed by atoms with Gasteiger partial charge in [0.05, 0.1) is 37.7 Å². The number of nitrogens with zero attached hydrogens (tertiary/aromatic N) is 1. The molecule has 0 radical (unpaired) electrons. The Morgan fingerprint density at radius 2 is 1.72 bits per heavy atom. The molecule has 2 aromatic carbocycles. The molecule has 43 heavy (non-hydrogen) atoms. The van der Waals surface area contributed by atoms with Crippen molar-refractivity contribution < 1.29 is 38.1 Å². The SMILES string of the molecule is CCCOc1ccc(C(=O)Oc2ccc(C=NNC(=O)C(=O)Nc3sc4c(c3C(=O)OCC)CCCC4)cc2OC)cc1. The lowest BCUT2D eigenvalue weighted by Crippen LogP contribution is -2.32. The summed E-state index contributed by atoms with van der Waals surface area (Å²) in [6.45, 7) is 4.50. The quantitative estimate of drug-likeness (QED) is 0.103. The number of rotatable bonds is 11. The molecule has 0 atom stereocenters. The minimum absolute atomic E-state index is 0.190. The van der Waals surface area contributed by atoms with Crippen LogP contribution >= 0.6 is 11.3 Å². The van der Waals surface area contributed by atoms with Crippen molar-refractivity contribution in [2.24, 2.45) is 5.10 Å². The highest BCUT2D eigenvalue weighted by Crippen LogP contribution is 2.38. The molecule has 4 rings (SSSR count). The van der Waals surface area contributed by atoms with Crippen molar-refractivity contribution in [1.29, 1.82) is 0 Å². The summed E-state index contributed by atoms with van der Waals surface area (Å²) in [6, 6.07) is 11.3. The van der Waals surface area contributed by atoms with Gasteiger partial charge < -0.3 is 24.3 Å². The van der Waals surface area contributed by atoms with Crippen molar-refractivity contribution in [3.05, 3.63) is 69.6 Å². The number of hydrogen-bond acceptors (Lipinski definition) is 10. The summed E-state index contributed by atoms with van der Waals surface area (Å²) in [7, 11) is 1.42. The Morgan fingerprint density at radius 3 is 2.44 bits per heavy atom. The van der Waals surface area contributed by atoms with Gasteiger partial charge in [-0.15, -0.1) is 11.3 Å². The average molecular weight is 608 g/mol. The van der Waals surface area contributed by atoms with E-state index in [2.05, 4.69) is 15.8 Å². The molecule has 1 heterocycles. The molecule has 0 spiro atoms. The van der Waals surface area contributed by atoms with Crippen molar-refractivity contribution in [2.75, 3.05) is 25.6 Å². The predicted octanol–water partition coefficient (Wildman–Crippen LogP) is 4.91. The Kier molecular flexibility index (Phi) is 10.9. The summed E-state index contributed by atoms with van der Waals surface area (Å²) >= 11 is 1.29. The van der Waals surface area contributed by atoms with Gasteiger partial charge in [-0.3, -0.25) is 9.59 Å². The van der Waals surface area contributed by atoms with Crippen molar-refractivity contribution in [3.63, 3.8) is 0 Å². The molecule has 0 saturated carbocycles. The lowest BCUT2D eigenvalue weighted by molar-refractivity contribution is -0.136. The van der Waals surface area contributed by atoms with Crippen LogP contribution in [0.5, 0.6) is 17.2 Å². The maximum absolute atomic E-state index is 12.6. The normalized spacial score (nSPS) is 12.3. The topological polar surface area (TPSA) is 142 Å². The van der Waals surface area contributed by atoms with E-state index in [9.17, 15) is 19.2 Å². The van der Waals surface area contributed by atoms with E-state index in [1.54, 1.807) is 43.3 Å². The summed E-state index contributed by atoms with van der Waals surface area (Å²) in [5, 5.41) is 6.69. The van der Waals surface area contributed by atoms with Gasteiger partial charge in [0.2, 0.25) is 0 Å². The number of thiophene rings is 1. The van der Waals surface area contributed by atoms with Crippen LogP contribution in [-0.2, 0) is 27.2 Å². The zero-order valence-electron chi connectivity index (χ0n) is 24.2. The van der Waals surface area contributed by atoms with Gasteiger partial charge in [0.1, 0.15) is 10.8 Å². The number of hydrazone groups is 1. The smallest absolute Gasteiger partial charge is 0.343 e. The number of nitrogens with one attached hydrogen (secondary N) is 2. The molecule has 0 bridgehead atoms. The minimum Gasteiger partial charge on any atom is -0.494 e. The monoisotopic (exact) mass is 607 g/mol. The highest BCUT2D eigenvalue weighted by atomic mass is 32.1. The number of amides is 2. The van der Waals surface area contributed by atoms with E-state index >= 15 is 0 Å². The van der Waals surface area contributed by atoms with Crippen LogP contribution < -0.4 is 25.0 Å². The molecule has 3 aromatic rings. The van der Waals surface area contributed by atoms with Crippen LogP contribution in [0.1, 0.15) is 69.8 Å². The fourth-order valence-corrected chi connectivity index (χ4v) is 5.64. The zero-order valence-corrected chi connectivity index (χ0v) is 25.0. The zero-order chi connectivity index (χ0) is 30.8. The molecule has 1 aliphatic carbocycles. The van der Waals surface area contributed by atoms with Gasteiger partial charge in [0, 0.05) is 4.88 Å². The molecular formula is C31H33N3O8S. The Hall–Kier alpha value is -4.71. The summed E-state index contributed by atoms with van der Waals surface area (Å²) in [4.78, 5) is 51.3. The van der Waals surface area contributed by atoms with Gasteiger partial charge in [-0.05, 0) is 92.6 Å². The predicted molar refractivity (Wildman–Crippen MR) is 161 cm³/mol. The first-order chi connectivity index (χ1) is 20.8. The molecule has 12 heteroatoms. The summed E-state index contributed by atoms with van der Waals surface area (Å²) in [5.41, 5.74) is 4.22. The number of fused-ring (bicyclic) bond motifs is 1. The van der Waals surface area contributed by atoms with Crippen LogP contribution in [0.4, 0.5) is 5.00 Å². The molecule has 0 saturated heterocycles. The van der Waals surface area contributed by atoms with E-state index in [-0.39, 0.29) is 18.1 Å². The molecule has 0 fully saturated rings. The third-order valence-electron chi connectivity index (χ3n) is 6.42. The highest BCUT2D eigenvalue weighted by Gasteiger charge is 2.28. The highest BCUT2D eigenvalue weighted by molar-refractivity contribution is 7.17. The second kappa shape index (κ2) is 15.0. The fraction of sp³-hybridized carbons (Fsp3) is 0.323. The van der Waals surface area contributed by atoms with Gasteiger partial charge >= 0.3 is 23.8 Å². The first-order valence-electron chi connectivity index (χ1n) is 13.9. The van der Waals surface area contributed by atoms with Crippen molar-refractivity contribution in [2.45, 2.75) is 46.0 Å². The molecule has 0 aliphatic heterocycles. The van der Waals surface area contributed by atoms with Gasteiger partial charge in [0.25, 0.3) is 0 Å². The Morgan fingerprint density at radius 1 is 0.953 bits per heavy atom. The van der Waals surface area contributed by atoms with Crippen LogP contribution in [0.15, 0.2) is 47.6 Å². The number of aryl methyl sites for hydroxylation is 1. The van der Waals surface area contributed by atoms with Gasteiger partial charge in [-0.25, -0.2) is 15.0 Å². The van der Waals surface area contributed by atoms with E-state index in [0.717, 1.165) is 42.5 Å². The van der Waals surface area contributed by atoms with E-state index in [1.165, 1.54) is 30.7 Å². The number of carbonyl (C=O) groups excluding carboxylic acids is 4. The second-order valence-electron chi connectivity index (χ2n) is 9.46. The largest absolute Gasteiger partial charge is 0.494 e. The standard InChI is InChI=1S/C31H33N3O8S/c1-4-16-41-21-13-11-20(12-14-21)30(37)42-23-15-10-19(17-24(23)39-3)18-32-34-28(36)27(35)33-29-26(31(38)40-5-2)22-8-6-7-9-25(22)43-29/h10-15,17-18H,4-9,16H2,1-3H3,(H,33,35)(H,34,36). The van der Waals surface area contributed by atoms with Crippen LogP contribution in [0, 0.1) is 0 Å². The molecule has 2 amide bonds. The maximum atomic E-state index is 12.6. The van der Waals surface area contributed by atoms with Crippen LogP contribution in [0.3, 0.4) is 0 Å². The number of benzene rings is 2. The van der Waals surface area contributed by atoms with E-state index in [1.807, 2.05) is 6.92 Å². The number of methoxy groups -OCH3 is 1. The number of esters is 2. The minimum atomic E-state index is -1.01. The van der Waals surface area contributed by atoms with Gasteiger partial charge in [-0.2, -0.15) is 5.10 Å². The Balaban J connectivity index is 1.36. The van der Waals surface area contributed by atoms with Crippen molar-refractivity contribution in [3.8, 4) is 17.2 Å². The van der Waals surface area contributed by atoms with Crippen molar-refractivity contribution in [1.82, 2.24) is 5.43 Å². The number of hydrogen-bond donors (Lipinski definition) is 2. The Bertz CT molecular complexity index is 1510. The average Bonchev–Trinajstić information content (AvgIpc) is 3.38. The third-order valence-corrected chi connectivity index (χ3v) is 7.62. The number of ether oxygens (including phenoxy) is 4. The van der Waals surface area contributed by atoms with Gasteiger partial charge in [-0.1, -0.05) is 6.92 Å². The molecular weight excluding hydrogens is 574 g/mol. The fourth-order valence-electron chi connectivity index (χ4n) is 4.36. The lowest BCUT2D eigenvalue weighted by Gasteiger charge is -2.12. The molecule has 0 unspecified atom stereocenters. The maximum Gasteiger partial charge on any atom is 0.343 e. The Labute approximate surface area is 253 Å². The van der Waals surface area contributed by atoms with Gasteiger partial charge in [0.15, 0.2) is 11.5 Å². The van der Waals surface area contributed by atoms with E-state index < -0.39 is 23.8 Å². The van der Waals surface area contributed by atoms with Crippen LogP contribution in [0.2, 0.25) is 0 Å². The van der Waals surface area contributed by atoms with E-state index in [4.69, 9.17) is 18.9 Å². The molecule has 2 N–H and O–H groups in total. The summed E-state index contributed by atoms with van der Waals surface area (Å²) in [6.07, 6.45) is 5.65. The van der Waals surface area contributed by atoms with Crippen LogP contribution in [0.25, 0.3) is 0 Å². The van der Waals surface area contributed by atoms with Crippen LogP contribution in [-0.4, -0.2) is 50.3 Å². The summed E-state index contributed by atoms with van der Waals surface area (Å²) in [5.74, 6) is -1.96. The molecule has 226 valence electrons.